The minimum Gasteiger partial charge on any atom is -0.497 e. The molecule has 0 unspecified atom stereocenters. The van der Waals surface area contributed by atoms with Crippen molar-refractivity contribution in [2.45, 2.75) is 6.92 Å². The van der Waals surface area contributed by atoms with E-state index in [0.29, 0.717) is 0 Å². The topological polar surface area (TPSA) is 18.5 Å². The van der Waals surface area contributed by atoms with E-state index in [1.807, 2.05) is 25.1 Å². The first-order chi connectivity index (χ1) is 6.26. The molecule has 1 aromatic rings. The van der Waals surface area contributed by atoms with Crippen LogP contribution in [0.15, 0.2) is 18.2 Å². The van der Waals surface area contributed by atoms with Gasteiger partial charge in [-0.3, -0.25) is 0 Å². The molecule has 2 nitrogen and oxygen atoms in total. The molecular weight excluding hydrogens is 300 g/mol. The molecule has 0 amide bonds. The molecule has 0 aliphatic carbocycles. The zero-order valence-electron chi connectivity index (χ0n) is 7.80. The smallest absolute Gasteiger partial charge is 0.122 e. The summed E-state index contributed by atoms with van der Waals surface area (Å²) in [6, 6.07) is 5.78. The summed E-state index contributed by atoms with van der Waals surface area (Å²) >= 11 is 5.50. The van der Waals surface area contributed by atoms with Crippen molar-refractivity contribution in [3.8, 4) is 11.5 Å². The normalized spacial score (nSPS) is 8.38. The second-order valence-corrected chi connectivity index (χ2v) is 2.39. The van der Waals surface area contributed by atoms with E-state index < -0.39 is 0 Å². The van der Waals surface area contributed by atoms with Gasteiger partial charge in [-0.25, -0.2) is 0 Å². The lowest BCUT2D eigenvalue weighted by molar-refractivity contribution is 0.394. The molecule has 0 aromatic heterocycles. The molecular formula is C9H12Br2O2. The fourth-order valence-electron chi connectivity index (χ4n) is 0.950. The number of hydrogen-bond acceptors (Lipinski definition) is 2. The van der Waals surface area contributed by atoms with Crippen LogP contribution >= 0.6 is 28.3 Å². The van der Waals surface area contributed by atoms with Crippen LogP contribution < -0.4 is 9.47 Å². The summed E-state index contributed by atoms with van der Waals surface area (Å²) in [6.45, 7) is 2.00. The predicted octanol–water partition coefficient (Wildman–Crippen LogP) is 3.70. The van der Waals surface area contributed by atoms with E-state index in [1.54, 1.807) is 14.2 Å². The quantitative estimate of drug-likeness (QED) is 0.829. The van der Waals surface area contributed by atoms with E-state index in [-0.39, 0.29) is 0 Å². The van der Waals surface area contributed by atoms with Crippen LogP contribution in [-0.2, 0) is 0 Å². The molecule has 0 saturated heterocycles. The number of aryl methyl sites for hydroxylation is 1. The third kappa shape index (κ3) is 4.52. The average molecular weight is 312 g/mol. The molecule has 0 radical (unpaired) electrons. The van der Waals surface area contributed by atoms with Gasteiger partial charge in [0.25, 0.3) is 0 Å². The largest absolute Gasteiger partial charge is 0.497 e. The molecule has 13 heavy (non-hydrogen) atoms. The van der Waals surface area contributed by atoms with Crippen LogP contribution in [0.2, 0.25) is 0 Å². The summed E-state index contributed by atoms with van der Waals surface area (Å²) in [7, 11) is 3.29. The second-order valence-electron chi connectivity index (χ2n) is 2.39. The lowest BCUT2D eigenvalue weighted by Crippen LogP contribution is -1.87. The van der Waals surface area contributed by atoms with Gasteiger partial charge in [0, 0.05) is 34.3 Å². The van der Waals surface area contributed by atoms with Crippen LogP contribution in [-0.4, -0.2) is 14.2 Å². The minimum absolute atomic E-state index is 0.835. The Morgan fingerprint density at radius 2 is 1.31 bits per heavy atom. The second kappa shape index (κ2) is 7.21. The Labute approximate surface area is 94.1 Å². The molecule has 0 N–H and O–H groups in total. The summed E-state index contributed by atoms with van der Waals surface area (Å²) < 4.78 is 10.1. The summed E-state index contributed by atoms with van der Waals surface area (Å²) in [5.41, 5.74) is 1.14. The zero-order valence-corrected chi connectivity index (χ0v) is 11.0. The van der Waals surface area contributed by atoms with Crippen molar-refractivity contribution in [2.24, 2.45) is 0 Å². The molecule has 74 valence electrons. The van der Waals surface area contributed by atoms with Crippen molar-refractivity contribution >= 4 is 28.3 Å². The van der Waals surface area contributed by atoms with Gasteiger partial charge >= 0.3 is 0 Å². The Bertz CT molecular complexity index is 229. The molecule has 0 spiro atoms. The monoisotopic (exact) mass is 310 g/mol. The van der Waals surface area contributed by atoms with Gasteiger partial charge in [-0.05, 0) is 24.6 Å². The molecule has 1 aromatic carbocycles. The predicted molar refractivity (Wildman–Crippen MR) is 62.1 cm³/mol. The van der Waals surface area contributed by atoms with Gasteiger partial charge in [0.15, 0.2) is 0 Å². The first-order valence-electron chi connectivity index (χ1n) is 3.60. The van der Waals surface area contributed by atoms with E-state index in [4.69, 9.17) is 9.47 Å². The van der Waals surface area contributed by atoms with Gasteiger partial charge < -0.3 is 9.47 Å². The highest BCUT2D eigenvalue weighted by Gasteiger charge is 1.96. The number of methoxy groups -OCH3 is 2. The summed E-state index contributed by atoms with van der Waals surface area (Å²) in [6.07, 6.45) is 0. The minimum atomic E-state index is 0.835. The molecule has 4 heteroatoms. The maximum Gasteiger partial charge on any atom is 0.122 e. The SMILES string of the molecule is BrBr.COc1cc(C)cc(OC)c1. The van der Waals surface area contributed by atoms with Crippen LogP contribution in [0.1, 0.15) is 5.56 Å². The summed E-state index contributed by atoms with van der Waals surface area (Å²) in [5, 5.41) is 0. The van der Waals surface area contributed by atoms with Gasteiger partial charge in [0.05, 0.1) is 14.2 Å². The maximum absolute atomic E-state index is 5.06. The van der Waals surface area contributed by atoms with Crippen LogP contribution in [0.25, 0.3) is 0 Å². The van der Waals surface area contributed by atoms with Crippen LogP contribution in [0.4, 0.5) is 0 Å². The van der Waals surface area contributed by atoms with Crippen molar-refractivity contribution in [1.82, 2.24) is 0 Å². The highest BCUT2D eigenvalue weighted by Crippen LogP contribution is 2.21. The summed E-state index contributed by atoms with van der Waals surface area (Å²) in [5.74, 6) is 1.67. The lowest BCUT2D eigenvalue weighted by Gasteiger charge is -2.04. The first-order valence-corrected chi connectivity index (χ1v) is 7.31. The Kier molecular flexibility index (Phi) is 7.09. The summed E-state index contributed by atoms with van der Waals surface area (Å²) in [4.78, 5) is 0. The van der Waals surface area contributed by atoms with Crippen molar-refractivity contribution in [1.29, 1.82) is 0 Å². The van der Waals surface area contributed by atoms with E-state index >= 15 is 0 Å². The van der Waals surface area contributed by atoms with Crippen LogP contribution in [0, 0.1) is 6.92 Å². The fraction of sp³-hybridized carbons (Fsp3) is 0.333. The number of hydrogen-bond donors (Lipinski definition) is 0. The van der Waals surface area contributed by atoms with Gasteiger partial charge in [-0.15, -0.1) is 0 Å². The van der Waals surface area contributed by atoms with Crippen molar-refractivity contribution < 1.29 is 9.47 Å². The van der Waals surface area contributed by atoms with Gasteiger partial charge in [0.2, 0.25) is 0 Å². The fourth-order valence-corrected chi connectivity index (χ4v) is 0.950. The Morgan fingerprint density at radius 3 is 1.62 bits per heavy atom. The van der Waals surface area contributed by atoms with Crippen LogP contribution in [0.3, 0.4) is 0 Å². The lowest BCUT2D eigenvalue weighted by atomic mass is 10.2. The zero-order chi connectivity index (χ0) is 10.3. The first kappa shape index (κ1) is 12.8. The number of ether oxygens (including phenoxy) is 2. The van der Waals surface area contributed by atoms with Gasteiger partial charge in [0.1, 0.15) is 11.5 Å². The van der Waals surface area contributed by atoms with E-state index in [0.717, 1.165) is 17.1 Å². The molecule has 0 bridgehead atoms. The standard InChI is InChI=1S/C9H12O2.Br2/c1-7-4-8(10-2)6-9(5-7)11-3;1-2/h4-6H,1-3H3;. The third-order valence-electron chi connectivity index (χ3n) is 1.50. The highest BCUT2D eigenvalue weighted by molar-refractivity contribution is 9.93. The Hall–Kier alpha value is -0.220. The maximum atomic E-state index is 5.06. The number of rotatable bonds is 2. The van der Waals surface area contributed by atoms with E-state index in [2.05, 4.69) is 28.3 Å². The molecule has 0 fully saturated rings. The molecule has 0 atom stereocenters. The Morgan fingerprint density at radius 1 is 0.923 bits per heavy atom. The molecule has 0 aliphatic rings. The molecule has 0 heterocycles. The number of halogens is 2. The molecule has 0 saturated carbocycles. The van der Waals surface area contributed by atoms with Gasteiger partial charge in [-0.2, -0.15) is 0 Å². The highest BCUT2D eigenvalue weighted by atomic mass is 80.9. The average Bonchev–Trinajstić information content (AvgIpc) is 2.20. The third-order valence-corrected chi connectivity index (χ3v) is 1.50. The van der Waals surface area contributed by atoms with E-state index in [9.17, 15) is 0 Å². The van der Waals surface area contributed by atoms with Gasteiger partial charge in [-0.1, -0.05) is 0 Å². The molecule has 0 aliphatic heterocycles. The van der Waals surface area contributed by atoms with Crippen molar-refractivity contribution in [2.75, 3.05) is 14.2 Å². The molecule has 1 rings (SSSR count). The Balaban J connectivity index is 0.000000671. The van der Waals surface area contributed by atoms with E-state index in [1.165, 1.54) is 0 Å². The number of benzene rings is 1. The van der Waals surface area contributed by atoms with Crippen molar-refractivity contribution in [3.63, 3.8) is 0 Å². The van der Waals surface area contributed by atoms with Crippen LogP contribution in [0.5, 0.6) is 11.5 Å². The van der Waals surface area contributed by atoms with Crippen molar-refractivity contribution in [3.05, 3.63) is 23.8 Å².